The highest BCUT2D eigenvalue weighted by molar-refractivity contribution is 6.29. The summed E-state index contributed by atoms with van der Waals surface area (Å²) in [7, 11) is 0. The Balaban J connectivity index is 1.96. The number of nitriles is 1. The van der Waals surface area contributed by atoms with Gasteiger partial charge in [-0.2, -0.15) is 5.26 Å². The van der Waals surface area contributed by atoms with Crippen molar-refractivity contribution in [3.63, 3.8) is 0 Å². The molecule has 2 aliphatic rings. The van der Waals surface area contributed by atoms with Crippen LogP contribution >= 0.6 is 11.6 Å². The van der Waals surface area contributed by atoms with E-state index in [-0.39, 0.29) is 0 Å². The fraction of sp³-hybridized carbons (Fsp3) is 0.700. The summed E-state index contributed by atoms with van der Waals surface area (Å²) in [6.07, 6.45) is 2.22. The number of nitrogens with zero attached hydrogens (tertiary/aromatic N) is 2. The van der Waals surface area contributed by atoms with Crippen LogP contribution in [0.2, 0.25) is 0 Å². The largest absolute Gasteiger partial charge is 0.295 e. The first-order valence-corrected chi connectivity index (χ1v) is 5.05. The smallest absolute Gasteiger partial charge is 0.0659 e. The van der Waals surface area contributed by atoms with E-state index >= 15 is 0 Å². The number of hydrogen-bond acceptors (Lipinski definition) is 2. The fourth-order valence-corrected chi connectivity index (χ4v) is 2.77. The van der Waals surface area contributed by atoms with Crippen LogP contribution in [-0.2, 0) is 0 Å². The molecule has 1 saturated heterocycles. The minimum atomic E-state index is 0.296. The van der Waals surface area contributed by atoms with Gasteiger partial charge in [-0.1, -0.05) is 18.2 Å². The van der Waals surface area contributed by atoms with Crippen LogP contribution in [0.15, 0.2) is 11.6 Å². The summed E-state index contributed by atoms with van der Waals surface area (Å²) in [5, 5.41) is 9.55. The van der Waals surface area contributed by atoms with Gasteiger partial charge in [-0.05, 0) is 18.8 Å². The first-order valence-electron chi connectivity index (χ1n) is 4.67. The summed E-state index contributed by atoms with van der Waals surface area (Å²) in [5.41, 5.74) is 0. The molecule has 2 fully saturated rings. The third-order valence-corrected chi connectivity index (χ3v) is 3.32. The van der Waals surface area contributed by atoms with Gasteiger partial charge in [0.15, 0.2) is 0 Å². The zero-order chi connectivity index (χ0) is 9.42. The molecule has 1 heterocycles. The summed E-state index contributed by atoms with van der Waals surface area (Å²) in [6, 6.07) is 2.98. The molecule has 0 amide bonds. The van der Waals surface area contributed by atoms with Crippen LogP contribution in [0.25, 0.3) is 0 Å². The van der Waals surface area contributed by atoms with Gasteiger partial charge in [-0.25, -0.2) is 0 Å². The molecule has 0 aromatic heterocycles. The number of hydrogen-bond donors (Lipinski definition) is 0. The Morgan fingerprint density at radius 2 is 2.38 bits per heavy atom. The molecular formula is C10H13ClN2. The Hall–Kier alpha value is -0.520. The highest BCUT2D eigenvalue weighted by Gasteiger charge is 2.44. The van der Waals surface area contributed by atoms with Crippen LogP contribution in [0.5, 0.6) is 0 Å². The lowest BCUT2D eigenvalue weighted by Crippen LogP contribution is -2.35. The lowest BCUT2D eigenvalue weighted by molar-refractivity contribution is 0.211. The SMILES string of the molecule is C=C(Cl)CN1CC2CC1CC2C#N. The molecule has 1 aliphatic heterocycles. The van der Waals surface area contributed by atoms with Crippen LogP contribution < -0.4 is 0 Å². The van der Waals surface area contributed by atoms with Crippen molar-refractivity contribution in [1.29, 1.82) is 5.26 Å². The normalized spacial score (nSPS) is 37.7. The maximum Gasteiger partial charge on any atom is 0.0659 e. The van der Waals surface area contributed by atoms with Crippen molar-refractivity contribution in [1.82, 2.24) is 4.90 Å². The summed E-state index contributed by atoms with van der Waals surface area (Å²) >= 11 is 5.76. The Morgan fingerprint density at radius 3 is 2.85 bits per heavy atom. The molecule has 1 saturated carbocycles. The van der Waals surface area contributed by atoms with E-state index < -0.39 is 0 Å². The van der Waals surface area contributed by atoms with Crippen LogP contribution in [-0.4, -0.2) is 24.0 Å². The quantitative estimate of drug-likeness (QED) is 0.676. The molecule has 3 unspecified atom stereocenters. The number of fused-ring (bicyclic) bond motifs is 2. The Labute approximate surface area is 83.8 Å². The monoisotopic (exact) mass is 196 g/mol. The predicted octanol–water partition coefficient (Wildman–Crippen LogP) is 1.97. The highest BCUT2D eigenvalue weighted by atomic mass is 35.5. The van der Waals surface area contributed by atoms with Gasteiger partial charge in [-0.15, -0.1) is 0 Å². The van der Waals surface area contributed by atoms with Crippen molar-refractivity contribution in [2.75, 3.05) is 13.1 Å². The first-order chi connectivity index (χ1) is 6.20. The number of likely N-dealkylation sites (tertiary alicyclic amines) is 1. The van der Waals surface area contributed by atoms with E-state index in [2.05, 4.69) is 17.5 Å². The molecule has 0 N–H and O–H groups in total. The fourth-order valence-electron chi connectivity index (χ4n) is 2.62. The van der Waals surface area contributed by atoms with E-state index in [1.54, 1.807) is 0 Å². The first kappa shape index (κ1) is 9.05. The van der Waals surface area contributed by atoms with E-state index in [9.17, 15) is 0 Å². The van der Waals surface area contributed by atoms with Gasteiger partial charge < -0.3 is 0 Å². The molecule has 2 nitrogen and oxygen atoms in total. The standard InChI is InChI=1S/C10H13ClN2/c1-7(11)5-13-6-9-3-10(13)2-8(9)4-12/h8-10H,1-3,5-6H2. The lowest BCUT2D eigenvalue weighted by atomic mass is 9.96. The molecule has 1 aliphatic carbocycles. The maximum atomic E-state index is 8.84. The second kappa shape index (κ2) is 3.32. The van der Waals surface area contributed by atoms with Crippen molar-refractivity contribution < 1.29 is 0 Å². The average Bonchev–Trinajstić information content (AvgIpc) is 2.60. The second-order valence-electron chi connectivity index (χ2n) is 4.07. The van der Waals surface area contributed by atoms with Crippen LogP contribution in [0.3, 0.4) is 0 Å². The van der Waals surface area contributed by atoms with Gasteiger partial charge in [0.1, 0.15) is 0 Å². The van der Waals surface area contributed by atoms with Gasteiger partial charge >= 0.3 is 0 Å². The molecule has 0 aromatic carbocycles. The van der Waals surface area contributed by atoms with Gasteiger partial charge in [0, 0.05) is 24.2 Å². The summed E-state index contributed by atoms with van der Waals surface area (Å²) < 4.78 is 0. The molecule has 0 radical (unpaired) electrons. The van der Waals surface area contributed by atoms with Crippen molar-refractivity contribution in [2.24, 2.45) is 11.8 Å². The van der Waals surface area contributed by atoms with Crippen molar-refractivity contribution in [2.45, 2.75) is 18.9 Å². The zero-order valence-corrected chi connectivity index (χ0v) is 8.30. The molecule has 0 spiro atoms. The summed E-state index contributed by atoms with van der Waals surface area (Å²) in [6.45, 7) is 5.53. The van der Waals surface area contributed by atoms with E-state index in [1.165, 1.54) is 6.42 Å². The molecule has 3 atom stereocenters. The molecule has 2 rings (SSSR count). The van der Waals surface area contributed by atoms with Gasteiger partial charge in [0.2, 0.25) is 0 Å². The molecule has 13 heavy (non-hydrogen) atoms. The Kier molecular flexibility index (Phi) is 2.31. The molecule has 0 aromatic rings. The van der Waals surface area contributed by atoms with Gasteiger partial charge in [-0.3, -0.25) is 4.90 Å². The second-order valence-corrected chi connectivity index (χ2v) is 4.60. The van der Waals surface area contributed by atoms with E-state index in [0.29, 0.717) is 22.9 Å². The maximum absolute atomic E-state index is 8.84. The average molecular weight is 197 g/mol. The van der Waals surface area contributed by atoms with Crippen molar-refractivity contribution >= 4 is 11.6 Å². The summed E-state index contributed by atoms with van der Waals surface area (Å²) in [4.78, 5) is 2.36. The lowest BCUT2D eigenvalue weighted by Gasteiger charge is -2.28. The van der Waals surface area contributed by atoms with E-state index in [1.807, 2.05) is 0 Å². The molecule has 2 bridgehead atoms. The molecule has 3 heteroatoms. The minimum absolute atomic E-state index is 0.296. The van der Waals surface area contributed by atoms with Crippen LogP contribution in [0.4, 0.5) is 0 Å². The van der Waals surface area contributed by atoms with Gasteiger partial charge in [0.25, 0.3) is 0 Å². The zero-order valence-electron chi connectivity index (χ0n) is 7.54. The van der Waals surface area contributed by atoms with Crippen LogP contribution in [0, 0.1) is 23.2 Å². The molecule has 70 valence electrons. The van der Waals surface area contributed by atoms with E-state index in [0.717, 1.165) is 19.5 Å². The molecular weight excluding hydrogens is 184 g/mol. The third kappa shape index (κ3) is 1.59. The van der Waals surface area contributed by atoms with Gasteiger partial charge in [0.05, 0.1) is 12.0 Å². The number of piperidine rings is 1. The highest BCUT2D eigenvalue weighted by Crippen LogP contribution is 2.41. The van der Waals surface area contributed by atoms with Crippen molar-refractivity contribution in [3.8, 4) is 6.07 Å². The van der Waals surface area contributed by atoms with E-state index in [4.69, 9.17) is 16.9 Å². The predicted molar refractivity (Wildman–Crippen MR) is 52.2 cm³/mol. The van der Waals surface area contributed by atoms with Crippen molar-refractivity contribution in [3.05, 3.63) is 11.6 Å². The number of rotatable bonds is 2. The summed E-state index contributed by atoms with van der Waals surface area (Å²) in [5.74, 6) is 0.885. The van der Waals surface area contributed by atoms with Crippen LogP contribution in [0.1, 0.15) is 12.8 Å². The minimum Gasteiger partial charge on any atom is -0.295 e. The Bertz CT molecular complexity index is 269. The topological polar surface area (TPSA) is 27.0 Å². The Morgan fingerprint density at radius 1 is 1.62 bits per heavy atom. The number of halogens is 1. The third-order valence-electron chi connectivity index (χ3n) is 3.20.